The molecule has 1 amide bonds. The first-order valence-electron chi connectivity index (χ1n) is 7.82. The van der Waals surface area contributed by atoms with Crippen LogP contribution >= 0.6 is 0 Å². The molecular formula is C18H17N3O3. The van der Waals surface area contributed by atoms with Crippen molar-refractivity contribution >= 4 is 23.0 Å². The second-order valence-corrected chi connectivity index (χ2v) is 5.78. The second-order valence-electron chi connectivity index (χ2n) is 5.78. The molecule has 0 saturated heterocycles. The van der Waals surface area contributed by atoms with Crippen LogP contribution in [0.2, 0.25) is 0 Å². The Bertz CT molecular complexity index is 815. The van der Waals surface area contributed by atoms with E-state index in [1.165, 1.54) is 0 Å². The number of carbonyl (C=O) groups is 1. The van der Waals surface area contributed by atoms with Crippen LogP contribution in [0.4, 0.5) is 11.4 Å². The fourth-order valence-corrected chi connectivity index (χ4v) is 2.72. The van der Waals surface area contributed by atoms with Crippen molar-refractivity contribution in [1.29, 1.82) is 0 Å². The number of anilines is 2. The van der Waals surface area contributed by atoms with Crippen LogP contribution in [0.1, 0.15) is 23.7 Å². The number of hydrogen-bond acceptors (Lipinski definition) is 5. The summed E-state index contributed by atoms with van der Waals surface area (Å²) in [4.78, 5) is 12.4. The molecule has 2 aromatic rings. The first kappa shape index (κ1) is 14.6. The Hall–Kier alpha value is -3.02. The minimum Gasteiger partial charge on any atom is -0.454 e. The maximum absolute atomic E-state index is 12.4. The zero-order valence-corrected chi connectivity index (χ0v) is 13.3. The zero-order chi connectivity index (χ0) is 16.5. The summed E-state index contributed by atoms with van der Waals surface area (Å²) in [6.07, 6.45) is 0.979. The largest absolute Gasteiger partial charge is 0.454 e. The van der Waals surface area contributed by atoms with Crippen molar-refractivity contribution in [3.05, 3.63) is 48.0 Å². The Kier molecular flexibility index (Phi) is 3.57. The zero-order valence-electron chi connectivity index (χ0n) is 13.3. The predicted molar refractivity (Wildman–Crippen MR) is 92.0 cm³/mol. The number of carbonyl (C=O) groups excluding carboxylic acids is 1. The molecule has 2 heterocycles. The molecule has 0 saturated carbocycles. The van der Waals surface area contributed by atoms with Gasteiger partial charge >= 0.3 is 0 Å². The van der Waals surface area contributed by atoms with Gasteiger partial charge in [0.25, 0.3) is 5.91 Å². The van der Waals surface area contributed by atoms with E-state index >= 15 is 0 Å². The highest BCUT2D eigenvalue weighted by atomic mass is 16.7. The lowest BCUT2D eigenvalue weighted by Crippen LogP contribution is -2.14. The van der Waals surface area contributed by atoms with E-state index in [1.54, 1.807) is 30.3 Å². The molecular weight excluding hydrogens is 306 g/mol. The van der Waals surface area contributed by atoms with Crippen LogP contribution in [0.15, 0.2) is 47.6 Å². The van der Waals surface area contributed by atoms with Crippen molar-refractivity contribution in [2.24, 2.45) is 5.10 Å². The molecule has 4 rings (SSSR count). The Morgan fingerprint density at radius 1 is 1.12 bits per heavy atom. The van der Waals surface area contributed by atoms with Gasteiger partial charge in [0, 0.05) is 36.0 Å². The lowest BCUT2D eigenvalue weighted by Gasteiger charge is -2.14. The molecule has 6 nitrogen and oxygen atoms in total. The fraction of sp³-hybridized carbons (Fsp3) is 0.222. The highest BCUT2D eigenvalue weighted by molar-refractivity contribution is 6.04. The quantitative estimate of drug-likeness (QED) is 0.942. The van der Waals surface area contributed by atoms with Crippen molar-refractivity contribution < 1.29 is 14.3 Å². The number of nitrogens with zero attached hydrogens (tertiary/aromatic N) is 2. The standard InChI is InChI=1S/C18H17N3O3/c1-12-8-9-21(20-12)15-5-2-13(3-6-15)18(22)19-14-4-7-16-17(10-14)24-11-23-16/h2-7,10H,8-9,11H2,1H3,(H,19,22). The molecule has 0 aliphatic carbocycles. The molecule has 2 aliphatic heterocycles. The van der Waals surface area contributed by atoms with Crippen molar-refractivity contribution in [3.8, 4) is 11.5 Å². The van der Waals surface area contributed by atoms with Crippen molar-refractivity contribution in [2.45, 2.75) is 13.3 Å². The van der Waals surface area contributed by atoms with E-state index in [0.29, 0.717) is 22.7 Å². The molecule has 0 unspecified atom stereocenters. The second kappa shape index (κ2) is 5.88. The number of fused-ring (bicyclic) bond motifs is 1. The van der Waals surface area contributed by atoms with Gasteiger partial charge in [0.1, 0.15) is 0 Å². The van der Waals surface area contributed by atoms with Gasteiger partial charge in [-0.2, -0.15) is 5.10 Å². The van der Waals surface area contributed by atoms with E-state index in [0.717, 1.165) is 24.4 Å². The number of rotatable bonds is 3. The lowest BCUT2D eigenvalue weighted by atomic mass is 10.2. The molecule has 24 heavy (non-hydrogen) atoms. The Morgan fingerprint density at radius 3 is 2.67 bits per heavy atom. The van der Waals surface area contributed by atoms with Crippen LogP contribution in [-0.2, 0) is 0 Å². The SMILES string of the molecule is CC1=NN(c2ccc(C(=O)Nc3ccc4c(c3)OCO4)cc2)CC1. The summed E-state index contributed by atoms with van der Waals surface area (Å²) < 4.78 is 10.6. The summed E-state index contributed by atoms with van der Waals surface area (Å²) in [7, 11) is 0. The van der Waals surface area contributed by atoms with E-state index in [4.69, 9.17) is 9.47 Å². The molecule has 0 fully saturated rings. The molecule has 122 valence electrons. The van der Waals surface area contributed by atoms with Gasteiger partial charge in [-0.3, -0.25) is 9.80 Å². The number of amides is 1. The smallest absolute Gasteiger partial charge is 0.255 e. The fourth-order valence-electron chi connectivity index (χ4n) is 2.72. The number of hydrogen-bond donors (Lipinski definition) is 1. The number of ether oxygens (including phenoxy) is 2. The Balaban J connectivity index is 1.46. The molecule has 2 aliphatic rings. The molecule has 0 radical (unpaired) electrons. The van der Waals surface area contributed by atoms with Gasteiger partial charge in [-0.1, -0.05) is 0 Å². The van der Waals surface area contributed by atoms with Crippen molar-refractivity contribution in [3.63, 3.8) is 0 Å². The normalized spacial score (nSPS) is 15.4. The molecule has 6 heteroatoms. The molecule has 0 bridgehead atoms. The van der Waals surface area contributed by atoms with Gasteiger partial charge in [-0.15, -0.1) is 0 Å². The summed E-state index contributed by atoms with van der Waals surface area (Å²) in [5.74, 6) is 1.17. The Morgan fingerprint density at radius 2 is 1.92 bits per heavy atom. The third kappa shape index (κ3) is 2.78. The number of benzene rings is 2. The highest BCUT2D eigenvalue weighted by Crippen LogP contribution is 2.34. The lowest BCUT2D eigenvalue weighted by molar-refractivity contribution is 0.102. The van der Waals surface area contributed by atoms with Crippen LogP contribution in [0.5, 0.6) is 11.5 Å². The summed E-state index contributed by atoms with van der Waals surface area (Å²) in [5.41, 5.74) is 3.38. The summed E-state index contributed by atoms with van der Waals surface area (Å²) in [5, 5.41) is 9.28. The molecule has 2 aromatic carbocycles. The highest BCUT2D eigenvalue weighted by Gasteiger charge is 2.16. The van der Waals surface area contributed by atoms with E-state index in [9.17, 15) is 4.79 Å². The topological polar surface area (TPSA) is 63.2 Å². The van der Waals surface area contributed by atoms with Gasteiger partial charge in [0.15, 0.2) is 11.5 Å². The van der Waals surface area contributed by atoms with Gasteiger partial charge in [-0.25, -0.2) is 0 Å². The van der Waals surface area contributed by atoms with Crippen molar-refractivity contribution in [2.75, 3.05) is 23.7 Å². The maximum Gasteiger partial charge on any atom is 0.255 e. The van der Waals surface area contributed by atoms with Gasteiger partial charge in [0.05, 0.1) is 5.69 Å². The van der Waals surface area contributed by atoms with Crippen LogP contribution in [0.3, 0.4) is 0 Å². The van der Waals surface area contributed by atoms with Crippen LogP contribution in [0, 0.1) is 0 Å². The first-order valence-corrected chi connectivity index (χ1v) is 7.82. The minimum absolute atomic E-state index is 0.165. The third-order valence-electron chi connectivity index (χ3n) is 4.03. The van der Waals surface area contributed by atoms with Gasteiger partial charge < -0.3 is 14.8 Å². The molecule has 1 N–H and O–H groups in total. The van der Waals surface area contributed by atoms with Gasteiger partial charge in [-0.05, 0) is 43.3 Å². The van der Waals surface area contributed by atoms with Crippen LogP contribution in [-0.4, -0.2) is 25.0 Å². The van der Waals surface area contributed by atoms with E-state index in [1.807, 2.05) is 24.1 Å². The monoisotopic (exact) mass is 323 g/mol. The van der Waals surface area contributed by atoms with Crippen LogP contribution in [0.25, 0.3) is 0 Å². The number of nitrogens with one attached hydrogen (secondary N) is 1. The first-order chi connectivity index (χ1) is 11.7. The predicted octanol–water partition coefficient (Wildman–Crippen LogP) is 3.25. The molecule has 0 spiro atoms. The summed E-state index contributed by atoms with van der Waals surface area (Å²) in [6, 6.07) is 12.8. The van der Waals surface area contributed by atoms with E-state index in [-0.39, 0.29) is 12.7 Å². The Labute approximate surface area is 139 Å². The third-order valence-corrected chi connectivity index (χ3v) is 4.03. The van der Waals surface area contributed by atoms with E-state index < -0.39 is 0 Å². The minimum atomic E-state index is -0.165. The number of hydrazone groups is 1. The maximum atomic E-state index is 12.4. The summed E-state index contributed by atoms with van der Waals surface area (Å²) in [6.45, 7) is 3.12. The van der Waals surface area contributed by atoms with Gasteiger partial charge in [0.2, 0.25) is 6.79 Å². The molecule has 0 atom stereocenters. The average Bonchev–Trinajstić information content (AvgIpc) is 3.23. The van der Waals surface area contributed by atoms with Crippen LogP contribution < -0.4 is 19.8 Å². The van der Waals surface area contributed by atoms with E-state index in [2.05, 4.69) is 10.4 Å². The molecule has 0 aromatic heterocycles. The summed E-state index contributed by atoms with van der Waals surface area (Å²) >= 11 is 0. The average molecular weight is 323 g/mol. The van der Waals surface area contributed by atoms with Crippen molar-refractivity contribution in [1.82, 2.24) is 0 Å².